The summed E-state index contributed by atoms with van der Waals surface area (Å²) < 4.78 is 16.7. The molecule has 0 aliphatic heterocycles. The average Bonchev–Trinajstić information content (AvgIpc) is 3.16. The molecule has 6 nitrogen and oxygen atoms in total. The van der Waals surface area contributed by atoms with Gasteiger partial charge in [0.25, 0.3) is 0 Å². The summed E-state index contributed by atoms with van der Waals surface area (Å²) in [5.41, 5.74) is 0. The molecule has 0 bridgehead atoms. The lowest BCUT2D eigenvalue weighted by molar-refractivity contribution is -0.167. The Labute approximate surface area is 348 Å². The van der Waals surface area contributed by atoms with E-state index in [1.807, 2.05) is 0 Å². The van der Waals surface area contributed by atoms with E-state index in [1.165, 1.54) is 161 Å². The van der Waals surface area contributed by atoms with Crippen molar-refractivity contribution in [3.05, 3.63) is 0 Å². The number of carbonyl (C=O) groups is 3. The normalized spacial score (nSPS) is 12.1. The molecule has 332 valence electrons. The number of hydrogen-bond acceptors (Lipinski definition) is 6. The van der Waals surface area contributed by atoms with Gasteiger partial charge < -0.3 is 14.2 Å². The molecule has 0 spiro atoms. The van der Waals surface area contributed by atoms with Crippen LogP contribution in [-0.4, -0.2) is 37.2 Å². The predicted octanol–water partition coefficient (Wildman–Crippen LogP) is 15.8. The quantitative estimate of drug-likeness (QED) is 0.0347. The van der Waals surface area contributed by atoms with Gasteiger partial charge in [0.1, 0.15) is 13.2 Å². The van der Waals surface area contributed by atoms with Crippen LogP contribution in [0.2, 0.25) is 0 Å². The Morgan fingerprint density at radius 1 is 0.339 bits per heavy atom. The summed E-state index contributed by atoms with van der Waals surface area (Å²) in [6, 6.07) is 0. The van der Waals surface area contributed by atoms with E-state index in [4.69, 9.17) is 14.2 Å². The molecular formula is C50H96O6. The second kappa shape index (κ2) is 43.0. The van der Waals surface area contributed by atoms with Crippen LogP contribution in [0, 0.1) is 11.8 Å². The van der Waals surface area contributed by atoms with E-state index in [1.54, 1.807) is 0 Å². The molecule has 0 N–H and O–H groups in total. The van der Waals surface area contributed by atoms with Gasteiger partial charge in [-0.15, -0.1) is 0 Å². The molecule has 0 amide bonds. The van der Waals surface area contributed by atoms with Crippen LogP contribution in [0.5, 0.6) is 0 Å². The Morgan fingerprint density at radius 2 is 0.589 bits per heavy atom. The Morgan fingerprint density at radius 3 is 0.875 bits per heavy atom. The minimum atomic E-state index is -0.761. The maximum absolute atomic E-state index is 12.7. The number of ether oxygens (including phenoxy) is 3. The maximum Gasteiger partial charge on any atom is 0.306 e. The highest BCUT2D eigenvalue weighted by Gasteiger charge is 2.19. The molecule has 0 aliphatic rings. The van der Waals surface area contributed by atoms with Crippen LogP contribution in [0.4, 0.5) is 0 Å². The summed E-state index contributed by atoms with van der Waals surface area (Å²) in [4.78, 5) is 37.8. The molecule has 0 unspecified atom stereocenters. The fourth-order valence-electron chi connectivity index (χ4n) is 7.46. The van der Waals surface area contributed by atoms with Gasteiger partial charge in [-0.3, -0.25) is 14.4 Å². The molecule has 0 fully saturated rings. The van der Waals surface area contributed by atoms with Crippen molar-refractivity contribution in [1.82, 2.24) is 0 Å². The molecule has 1 atom stereocenters. The van der Waals surface area contributed by atoms with Gasteiger partial charge in [0.15, 0.2) is 6.10 Å². The smallest absolute Gasteiger partial charge is 0.306 e. The van der Waals surface area contributed by atoms with Gasteiger partial charge in [0, 0.05) is 19.3 Å². The summed E-state index contributed by atoms with van der Waals surface area (Å²) in [5, 5.41) is 0. The highest BCUT2D eigenvalue weighted by Crippen LogP contribution is 2.17. The Bertz CT molecular complexity index is 854. The van der Waals surface area contributed by atoms with Crippen molar-refractivity contribution < 1.29 is 28.6 Å². The molecule has 0 aromatic carbocycles. The number of carbonyl (C=O) groups excluding carboxylic acids is 3. The van der Waals surface area contributed by atoms with Gasteiger partial charge >= 0.3 is 17.9 Å². The van der Waals surface area contributed by atoms with Gasteiger partial charge in [-0.25, -0.2) is 0 Å². The third kappa shape index (κ3) is 43.5. The fourth-order valence-corrected chi connectivity index (χ4v) is 7.46. The first-order chi connectivity index (χ1) is 27.2. The lowest BCUT2D eigenvalue weighted by atomic mass is 10.0. The van der Waals surface area contributed by atoms with E-state index < -0.39 is 6.10 Å². The lowest BCUT2D eigenvalue weighted by Gasteiger charge is -2.18. The molecule has 56 heavy (non-hydrogen) atoms. The molecule has 0 aromatic rings. The third-order valence-electron chi connectivity index (χ3n) is 11.2. The number of unbranched alkanes of at least 4 members (excludes halogenated alkanes) is 29. The van der Waals surface area contributed by atoms with Crippen LogP contribution in [-0.2, 0) is 28.6 Å². The average molecular weight is 793 g/mol. The maximum atomic E-state index is 12.7. The van der Waals surface area contributed by atoms with Crippen molar-refractivity contribution in [2.24, 2.45) is 11.8 Å². The summed E-state index contributed by atoms with van der Waals surface area (Å²) >= 11 is 0. The fraction of sp³-hybridized carbons (Fsp3) is 0.940. The van der Waals surface area contributed by atoms with Crippen LogP contribution in [0.25, 0.3) is 0 Å². The molecule has 0 rings (SSSR count). The van der Waals surface area contributed by atoms with Crippen LogP contribution < -0.4 is 0 Å². The topological polar surface area (TPSA) is 78.9 Å². The molecule has 0 heterocycles. The molecular weight excluding hydrogens is 697 g/mol. The SMILES string of the molecule is CCCCCCCCCCCCC(=O)OC[C@H](COC(=O)CCCCCCCCCCCCCCCCCC(C)C)OC(=O)CCCCCCCCCC(C)C. The van der Waals surface area contributed by atoms with Crippen molar-refractivity contribution in [3.8, 4) is 0 Å². The van der Waals surface area contributed by atoms with Gasteiger partial charge in [-0.2, -0.15) is 0 Å². The molecule has 0 aromatic heterocycles. The first-order valence-electron chi connectivity index (χ1n) is 24.7. The summed E-state index contributed by atoms with van der Waals surface area (Å²) in [5.74, 6) is 0.771. The Hall–Kier alpha value is -1.59. The third-order valence-corrected chi connectivity index (χ3v) is 11.2. The number of esters is 3. The Kier molecular flexibility index (Phi) is 41.8. The van der Waals surface area contributed by atoms with Crippen molar-refractivity contribution in [3.63, 3.8) is 0 Å². The highest BCUT2D eigenvalue weighted by molar-refractivity contribution is 5.71. The van der Waals surface area contributed by atoms with Crippen molar-refractivity contribution in [2.75, 3.05) is 13.2 Å². The van der Waals surface area contributed by atoms with Crippen molar-refractivity contribution in [1.29, 1.82) is 0 Å². The van der Waals surface area contributed by atoms with Crippen LogP contribution in [0.1, 0.15) is 272 Å². The lowest BCUT2D eigenvalue weighted by Crippen LogP contribution is -2.30. The second-order valence-corrected chi connectivity index (χ2v) is 18.1. The van der Waals surface area contributed by atoms with E-state index in [-0.39, 0.29) is 31.1 Å². The second-order valence-electron chi connectivity index (χ2n) is 18.1. The summed E-state index contributed by atoms with van der Waals surface area (Å²) in [6.45, 7) is 11.3. The van der Waals surface area contributed by atoms with Gasteiger partial charge in [-0.1, -0.05) is 234 Å². The van der Waals surface area contributed by atoms with E-state index in [0.717, 1.165) is 69.6 Å². The zero-order chi connectivity index (χ0) is 41.2. The van der Waals surface area contributed by atoms with Crippen molar-refractivity contribution >= 4 is 17.9 Å². The first-order valence-corrected chi connectivity index (χ1v) is 24.7. The van der Waals surface area contributed by atoms with Crippen LogP contribution in [0.3, 0.4) is 0 Å². The number of rotatable bonds is 44. The minimum absolute atomic E-state index is 0.0647. The zero-order valence-electron chi connectivity index (χ0n) is 38.3. The van der Waals surface area contributed by atoms with Gasteiger partial charge in [0.2, 0.25) is 0 Å². The molecule has 0 aliphatic carbocycles. The van der Waals surface area contributed by atoms with E-state index in [0.29, 0.717) is 19.3 Å². The van der Waals surface area contributed by atoms with Crippen LogP contribution >= 0.6 is 0 Å². The van der Waals surface area contributed by atoms with E-state index >= 15 is 0 Å². The van der Waals surface area contributed by atoms with Gasteiger partial charge in [0.05, 0.1) is 0 Å². The summed E-state index contributed by atoms with van der Waals surface area (Å²) in [7, 11) is 0. The number of hydrogen-bond donors (Lipinski definition) is 0. The molecule has 0 radical (unpaired) electrons. The van der Waals surface area contributed by atoms with Crippen molar-refractivity contribution in [2.45, 2.75) is 278 Å². The zero-order valence-corrected chi connectivity index (χ0v) is 38.3. The minimum Gasteiger partial charge on any atom is -0.462 e. The van der Waals surface area contributed by atoms with E-state index in [2.05, 4.69) is 34.6 Å². The summed E-state index contributed by atoms with van der Waals surface area (Å²) in [6.07, 6.45) is 42.4. The molecule has 6 heteroatoms. The standard InChI is InChI=1S/C50H96O6/c1-6-7-8-9-10-11-20-25-30-35-40-48(51)54-43-47(56-50(53)42-37-32-27-22-24-29-34-39-46(4)5)44-55-49(52)41-36-31-26-21-18-16-14-12-13-15-17-19-23-28-33-38-45(2)3/h45-47H,6-44H2,1-5H3/t47-/m1/s1. The monoisotopic (exact) mass is 793 g/mol. The van der Waals surface area contributed by atoms with E-state index in [9.17, 15) is 14.4 Å². The highest BCUT2D eigenvalue weighted by atomic mass is 16.6. The van der Waals surface area contributed by atoms with Crippen LogP contribution in [0.15, 0.2) is 0 Å². The Balaban J connectivity index is 4.23. The molecule has 0 saturated heterocycles. The van der Waals surface area contributed by atoms with Gasteiger partial charge in [-0.05, 0) is 31.1 Å². The predicted molar refractivity (Wildman–Crippen MR) is 238 cm³/mol. The molecule has 0 saturated carbocycles. The largest absolute Gasteiger partial charge is 0.462 e. The first kappa shape index (κ1) is 54.4.